The zero-order chi connectivity index (χ0) is 9.23. The number of carbonyl (C=O) groups is 1. The predicted molar refractivity (Wildman–Crippen MR) is 42.0 cm³/mol. The first-order chi connectivity index (χ1) is 5.81. The van der Waals surface area contributed by atoms with Crippen molar-refractivity contribution < 1.29 is 14.3 Å². The Morgan fingerprint density at radius 2 is 2.42 bits per heavy atom. The molecule has 4 heteroatoms. The average Bonchev–Trinajstić information content (AvgIpc) is 2.05. The van der Waals surface area contributed by atoms with Crippen LogP contribution >= 0.6 is 0 Å². The monoisotopic (exact) mass is 169 g/mol. The molecule has 0 rings (SSSR count). The minimum Gasteiger partial charge on any atom is -0.500 e. The van der Waals surface area contributed by atoms with Crippen LogP contribution in [0.1, 0.15) is 13.3 Å². The first-order valence-electron chi connectivity index (χ1n) is 3.63. The molecule has 0 aromatic carbocycles. The fourth-order valence-corrected chi connectivity index (χ4v) is 0.467. The molecule has 0 amide bonds. The van der Waals surface area contributed by atoms with Gasteiger partial charge in [0.2, 0.25) is 0 Å². The minimum absolute atomic E-state index is 0.298. The highest BCUT2D eigenvalue weighted by molar-refractivity contribution is 5.81. The van der Waals surface area contributed by atoms with Crippen LogP contribution in [-0.2, 0) is 14.3 Å². The van der Waals surface area contributed by atoms with Gasteiger partial charge in [0.15, 0.2) is 0 Å². The van der Waals surface area contributed by atoms with Crippen molar-refractivity contribution in [3.05, 3.63) is 12.3 Å². The average molecular weight is 169 g/mol. The topological polar surface area (TPSA) is 59.3 Å². The summed E-state index contributed by atoms with van der Waals surface area (Å²) in [6.07, 6.45) is 2.73. The summed E-state index contributed by atoms with van der Waals surface area (Å²) in [7, 11) is 0. The molecule has 0 bridgehead atoms. The van der Waals surface area contributed by atoms with E-state index in [9.17, 15) is 4.79 Å². The lowest BCUT2D eigenvalue weighted by Gasteiger charge is -1.95. The Morgan fingerprint density at radius 1 is 1.67 bits per heavy atom. The van der Waals surface area contributed by atoms with Gasteiger partial charge in [-0.1, -0.05) is 0 Å². The van der Waals surface area contributed by atoms with Gasteiger partial charge < -0.3 is 9.47 Å². The van der Waals surface area contributed by atoms with Gasteiger partial charge in [-0.2, -0.15) is 5.26 Å². The van der Waals surface area contributed by atoms with E-state index in [1.165, 1.54) is 12.3 Å². The number of nitrogens with zero attached hydrogens (tertiary/aromatic N) is 1. The standard InChI is InChI=1S/C8H11NO3/c1-2-12-8(10)4-7-11-6-3-5-9/h4,7H,2-3,6H2,1H3/b7-4+. The molecule has 0 unspecified atom stereocenters. The van der Waals surface area contributed by atoms with Gasteiger partial charge in [-0.25, -0.2) is 4.79 Å². The second-order valence-electron chi connectivity index (χ2n) is 1.83. The van der Waals surface area contributed by atoms with Gasteiger partial charge in [0.25, 0.3) is 0 Å². The molecule has 0 aromatic rings. The number of carbonyl (C=O) groups excluding carboxylic acids is 1. The van der Waals surface area contributed by atoms with Crippen LogP contribution in [0.2, 0.25) is 0 Å². The van der Waals surface area contributed by atoms with Gasteiger partial charge in [0.05, 0.1) is 31.4 Å². The molecule has 0 fully saturated rings. The highest BCUT2D eigenvalue weighted by Crippen LogP contribution is 1.84. The van der Waals surface area contributed by atoms with Crippen molar-refractivity contribution in [2.75, 3.05) is 13.2 Å². The summed E-state index contributed by atoms with van der Waals surface area (Å²) in [5, 5.41) is 8.11. The number of nitriles is 1. The van der Waals surface area contributed by atoms with E-state index in [1.807, 2.05) is 6.07 Å². The van der Waals surface area contributed by atoms with Gasteiger partial charge >= 0.3 is 5.97 Å². The fraction of sp³-hybridized carbons (Fsp3) is 0.500. The molecular formula is C8H11NO3. The third kappa shape index (κ3) is 6.62. The molecule has 0 heterocycles. The molecular weight excluding hydrogens is 158 g/mol. The molecule has 0 atom stereocenters. The van der Waals surface area contributed by atoms with E-state index in [0.717, 1.165) is 0 Å². The highest BCUT2D eigenvalue weighted by Gasteiger charge is 1.91. The van der Waals surface area contributed by atoms with E-state index in [2.05, 4.69) is 4.74 Å². The molecule has 0 aliphatic rings. The molecule has 0 N–H and O–H groups in total. The Kier molecular flexibility index (Phi) is 6.65. The van der Waals surface area contributed by atoms with Crippen LogP contribution in [0, 0.1) is 11.3 Å². The number of hydrogen-bond acceptors (Lipinski definition) is 4. The maximum Gasteiger partial charge on any atom is 0.333 e. The lowest BCUT2D eigenvalue weighted by atomic mass is 10.5. The Bertz CT molecular complexity index is 193. The first kappa shape index (κ1) is 10.5. The molecule has 0 aromatic heterocycles. The quantitative estimate of drug-likeness (QED) is 0.266. The van der Waals surface area contributed by atoms with Crippen LogP contribution < -0.4 is 0 Å². The van der Waals surface area contributed by atoms with Crippen molar-refractivity contribution in [1.82, 2.24) is 0 Å². The van der Waals surface area contributed by atoms with Crippen molar-refractivity contribution in [2.45, 2.75) is 13.3 Å². The normalized spacial score (nSPS) is 9.33. The van der Waals surface area contributed by atoms with Crippen molar-refractivity contribution in [3.8, 4) is 6.07 Å². The maximum atomic E-state index is 10.6. The number of esters is 1. The predicted octanol–water partition coefficient (Wildman–Crippen LogP) is 0.993. The Hall–Kier alpha value is -1.50. The zero-order valence-electron chi connectivity index (χ0n) is 6.95. The third-order valence-electron chi connectivity index (χ3n) is 0.919. The van der Waals surface area contributed by atoms with Crippen LogP contribution in [0.5, 0.6) is 0 Å². The van der Waals surface area contributed by atoms with Crippen LogP contribution in [0.4, 0.5) is 0 Å². The minimum atomic E-state index is -0.436. The molecule has 0 aliphatic heterocycles. The fourth-order valence-electron chi connectivity index (χ4n) is 0.467. The van der Waals surface area contributed by atoms with Crippen LogP contribution in [0.3, 0.4) is 0 Å². The van der Waals surface area contributed by atoms with Crippen molar-refractivity contribution in [1.29, 1.82) is 5.26 Å². The lowest BCUT2D eigenvalue weighted by Crippen LogP contribution is -1.99. The summed E-state index contributed by atoms with van der Waals surface area (Å²) in [6.45, 7) is 2.37. The van der Waals surface area contributed by atoms with Crippen LogP contribution in [-0.4, -0.2) is 19.2 Å². The number of rotatable bonds is 5. The Labute approximate surface area is 71.4 Å². The molecule has 66 valence electrons. The van der Waals surface area contributed by atoms with Crippen molar-refractivity contribution in [2.24, 2.45) is 0 Å². The Balaban J connectivity index is 3.36. The Morgan fingerprint density at radius 3 is 3.00 bits per heavy atom. The van der Waals surface area contributed by atoms with E-state index in [0.29, 0.717) is 19.6 Å². The number of ether oxygens (including phenoxy) is 2. The zero-order valence-corrected chi connectivity index (χ0v) is 6.95. The summed E-state index contributed by atoms with van der Waals surface area (Å²) >= 11 is 0. The smallest absolute Gasteiger partial charge is 0.333 e. The first-order valence-corrected chi connectivity index (χ1v) is 3.63. The molecule has 0 spiro atoms. The summed E-state index contributed by atoms with van der Waals surface area (Å²) < 4.78 is 9.36. The van der Waals surface area contributed by atoms with E-state index in [-0.39, 0.29) is 0 Å². The van der Waals surface area contributed by atoms with Gasteiger partial charge in [0, 0.05) is 0 Å². The van der Waals surface area contributed by atoms with Gasteiger partial charge in [0.1, 0.15) is 6.61 Å². The third-order valence-corrected chi connectivity index (χ3v) is 0.919. The largest absolute Gasteiger partial charge is 0.500 e. The molecule has 0 saturated heterocycles. The number of hydrogen-bond donors (Lipinski definition) is 0. The SMILES string of the molecule is CCOC(=O)/C=C/OCCC#N. The molecule has 4 nitrogen and oxygen atoms in total. The second-order valence-corrected chi connectivity index (χ2v) is 1.83. The summed E-state index contributed by atoms with van der Waals surface area (Å²) in [4.78, 5) is 10.6. The summed E-state index contributed by atoms with van der Waals surface area (Å²) in [6, 6.07) is 1.91. The highest BCUT2D eigenvalue weighted by atomic mass is 16.5. The van der Waals surface area contributed by atoms with E-state index in [4.69, 9.17) is 10.00 Å². The lowest BCUT2D eigenvalue weighted by molar-refractivity contribution is -0.137. The second kappa shape index (κ2) is 7.61. The van der Waals surface area contributed by atoms with E-state index in [1.54, 1.807) is 6.92 Å². The molecule has 12 heavy (non-hydrogen) atoms. The van der Waals surface area contributed by atoms with E-state index < -0.39 is 5.97 Å². The maximum absolute atomic E-state index is 10.6. The van der Waals surface area contributed by atoms with Crippen LogP contribution in [0.25, 0.3) is 0 Å². The van der Waals surface area contributed by atoms with Crippen molar-refractivity contribution >= 4 is 5.97 Å². The van der Waals surface area contributed by atoms with Gasteiger partial charge in [-0.05, 0) is 6.92 Å². The van der Waals surface area contributed by atoms with Crippen LogP contribution in [0.15, 0.2) is 12.3 Å². The van der Waals surface area contributed by atoms with E-state index >= 15 is 0 Å². The molecule has 0 saturated carbocycles. The van der Waals surface area contributed by atoms with Gasteiger partial charge in [-0.15, -0.1) is 0 Å². The summed E-state index contributed by atoms with van der Waals surface area (Å²) in [5.41, 5.74) is 0. The molecule has 0 aliphatic carbocycles. The summed E-state index contributed by atoms with van der Waals surface area (Å²) in [5.74, 6) is -0.436. The van der Waals surface area contributed by atoms with Gasteiger partial charge in [-0.3, -0.25) is 0 Å². The molecule has 0 radical (unpaired) electrons. The van der Waals surface area contributed by atoms with Crippen molar-refractivity contribution in [3.63, 3.8) is 0 Å².